The van der Waals surface area contributed by atoms with E-state index in [2.05, 4.69) is 29.9 Å². The third-order valence-electron chi connectivity index (χ3n) is 2.36. The highest BCUT2D eigenvalue weighted by molar-refractivity contribution is 6.69. The van der Waals surface area contributed by atoms with Crippen molar-refractivity contribution in [3.8, 4) is 0 Å². The van der Waals surface area contributed by atoms with Crippen LogP contribution in [0, 0.1) is 0 Å². The van der Waals surface area contributed by atoms with E-state index in [0.29, 0.717) is 0 Å². The van der Waals surface area contributed by atoms with Crippen LogP contribution in [0.25, 0.3) is 0 Å². The number of hydrogen-bond donors (Lipinski definition) is 1. The minimum atomic E-state index is -1.27. The standard InChI is InChI=1S/C10H24N2OSi/c1-14(2,3)13-10-4-7-12-8-5-11-6-9-12/h11H,4-10H2,1-3H3. The van der Waals surface area contributed by atoms with Crippen LogP contribution < -0.4 is 5.32 Å². The molecule has 0 radical (unpaired) electrons. The third-order valence-corrected chi connectivity index (χ3v) is 3.43. The minimum absolute atomic E-state index is 0.944. The van der Waals surface area contributed by atoms with E-state index >= 15 is 0 Å². The second-order valence-electron chi connectivity index (χ2n) is 4.91. The molecule has 1 heterocycles. The maximum atomic E-state index is 5.82. The molecular formula is C10H24N2OSi. The van der Waals surface area contributed by atoms with Crippen LogP contribution in [-0.4, -0.2) is 52.5 Å². The zero-order valence-electron chi connectivity index (χ0n) is 9.81. The van der Waals surface area contributed by atoms with E-state index in [1.165, 1.54) is 26.1 Å². The van der Waals surface area contributed by atoms with Crippen LogP contribution in [0.1, 0.15) is 6.42 Å². The molecule has 0 unspecified atom stereocenters. The first kappa shape index (κ1) is 12.2. The van der Waals surface area contributed by atoms with Gasteiger partial charge in [-0.3, -0.25) is 0 Å². The summed E-state index contributed by atoms with van der Waals surface area (Å²) < 4.78 is 5.82. The lowest BCUT2D eigenvalue weighted by Crippen LogP contribution is -2.44. The average Bonchev–Trinajstić information content (AvgIpc) is 2.13. The first-order chi connectivity index (χ1) is 6.58. The van der Waals surface area contributed by atoms with Gasteiger partial charge in [0.1, 0.15) is 0 Å². The highest BCUT2D eigenvalue weighted by Crippen LogP contribution is 2.03. The van der Waals surface area contributed by atoms with Crippen molar-refractivity contribution in [2.45, 2.75) is 26.1 Å². The molecular weight excluding hydrogens is 192 g/mol. The molecule has 14 heavy (non-hydrogen) atoms. The molecule has 1 saturated heterocycles. The van der Waals surface area contributed by atoms with Gasteiger partial charge in [-0.2, -0.15) is 0 Å². The molecule has 0 aromatic heterocycles. The van der Waals surface area contributed by atoms with E-state index in [-0.39, 0.29) is 0 Å². The molecule has 4 heteroatoms. The van der Waals surface area contributed by atoms with Crippen LogP contribution in [0.15, 0.2) is 0 Å². The summed E-state index contributed by atoms with van der Waals surface area (Å²) in [4.78, 5) is 2.52. The Morgan fingerprint density at radius 1 is 1.21 bits per heavy atom. The average molecular weight is 216 g/mol. The van der Waals surface area contributed by atoms with Gasteiger partial charge in [-0.05, 0) is 26.1 Å². The molecule has 84 valence electrons. The minimum Gasteiger partial charge on any atom is -0.418 e. The van der Waals surface area contributed by atoms with Crippen molar-refractivity contribution in [1.82, 2.24) is 10.2 Å². The molecule has 1 fully saturated rings. The second-order valence-corrected chi connectivity index (χ2v) is 9.42. The molecule has 1 N–H and O–H groups in total. The molecule has 3 nitrogen and oxygen atoms in total. The first-order valence-corrected chi connectivity index (χ1v) is 9.06. The molecule has 0 bridgehead atoms. The second kappa shape index (κ2) is 5.85. The van der Waals surface area contributed by atoms with Gasteiger partial charge in [-0.15, -0.1) is 0 Å². The Hall–Kier alpha value is 0.0969. The monoisotopic (exact) mass is 216 g/mol. The first-order valence-electron chi connectivity index (χ1n) is 5.65. The molecule has 1 rings (SSSR count). The van der Waals surface area contributed by atoms with Crippen LogP contribution in [0.2, 0.25) is 19.6 Å². The SMILES string of the molecule is C[Si](C)(C)OCCCN1CCNCC1. The van der Waals surface area contributed by atoms with Gasteiger partial charge in [0, 0.05) is 39.3 Å². The van der Waals surface area contributed by atoms with E-state index in [0.717, 1.165) is 19.7 Å². The summed E-state index contributed by atoms with van der Waals surface area (Å²) in [7, 11) is -1.27. The summed E-state index contributed by atoms with van der Waals surface area (Å²) >= 11 is 0. The summed E-state index contributed by atoms with van der Waals surface area (Å²) in [6.45, 7) is 13.6. The maximum Gasteiger partial charge on any atom is 0.183 e. The van der Waals surface area contributed by atoms with Gasteiger partial charge in [0.2, 0.25) is 0 Å². The number of nitrogens with zero attached hydrogens (tertiary/aromatic N) is 1. The Bertz CT molecular complexity index is 153. The highest BCUT2D eigenvalue weighted by atomic mass is 28.4. The normalized spacial score (nSPS) is 19.9. The topological polar surface area (TPSA) is 24.5 Å². The lowest BCUT2D eigenvalue weighted by molar-refractivity contribution is 0.212. The van der Waals surface area contributed by atoms with Crippen LogP contribution in [0.4, 0.5) is 0 Å². The zero-order chi connectivity index (χ0) is 10.4. The fourth-order valence-electron chi connectivity index (χ4n) is 1.60. The largest absolute Gasteiger partial charge is 0.418 e. The number of piperazine rings is 1. The quantitative estimate of drug-likeness (QED) is 0.551. The molecule has 0 amide bonds. The summed E-state index contributed by atoms with van der Waals surface area (Å²) in [5, 5.41) is 3.36. The Kier molecular flexibility index (Phi) is 5.09. The summed E-state index contributed by atoms with van der Waals surface area (Å²) in [6.07, 6.45) is 1.18. The van der Waals surface area contributed by atoms with Gasteiger partial charge < -0.3 is 14.6 Å². The molecule has 0 saturated carbocycles. The number of nitrogens with one attached hydrogen (secondary N) is 1. The van der Waals surface area contributed by atoms with Crippen LogP contribution in [-0.2, 0) is 4.43 Å². The molecule has 0 aliphatic carbocycles. The molecule has 0 aromatic rings. The number of rotatable bonds is 5. The molecule has 0 spiro atoms. The van der Waals surface area contributed by atoms with Crippen molar-refractivity contribution < 1.29 is 4.43 Å². The van der Waals surface area contributed by atoms with Gasteiger partial charge in [-0.1, -0.05) is 0 Å². The Morgan fingerprint density at radius 2 is 1.86 bits per heavy atom. The Morgan fingerprint density at radius 3 is 2.43 bits per heavy atom. The zero-order valence-corrected chi connectivity index (χ0v) is 10.8. The van der Waals surface area contributed by atoms with Gasteiger partial charge in [0.15, 0.2) is 8.32 Å². The van der Waals surface area contributed by atoms with Gasteiger partial charge >= 0.3 is 0 Å². The molecule has 0 aromatic carbocycles. The van der Waals surface area contributed by atoms with Crippen LogP contribution in [0.5, 0.6) is 0 Å². The highest BCUT2D eigenvalue weighted by Gasteiger charge is 2.14. The smallest absolute Gasteiger partial charge is 0.183 e. The summed E-state index contributed by atoms with van der Waals surface area (Å²) in [6, 6.07) is 0. The third kappa shape index (κ3) is 5.75. The van der Waals surface area contributed by atoms with E-state index in [1.807, 2.05) is 0 Å². The number of hydrogen-bond acceptors (Lipinski definition) is 3. The van der Waals surface area contributed by atoms with Crippen molar-refractivity contribution in [2.24, 2.45) is 0 Å². The van der Waals surface area contributed by atoms with Crippen molar-refractivity contribution in [1.29, 1.82) is 0 Å². The maximum absolute atomic E-state index is 5.82. The van der Waals surface area contributed by atoms with Gasteiger partial charge in [-0.25, -0.2) is 0 Å². The predicted octanol–water partition coefficient (Wildman–Crippen LogP) is 1.13. The van der Waals surface area contributed by atoms with Gasteiger partial charge in [0.25, 0.3) is 0 Å². The predicted molar refractivity (Wildman–Crippen MR) is 63.2 cm³/mol. The van der Waals surface area contributed by atoms with E-state index in [9.17, 15) is 0 Å². The fourth-order valence-corrected chi connectivity index (χ4v) is 2.36. The summed E-state index contributed by atoms with van der Waals surface area (Å²) in [5.41, 5.74) is 0. The van der Waals surface area contributed by atoms with Crippen molar-refractivity contribution in [3.63, 3.8) is 0 Å². The lowest BCUT2D eigenvalue weighted by Gasteiger charge is -2.27. The van der Waals surface area contributed by atoms with Crippen molar-refractivity contribution >= 4 is 8.32 Å². The Balaban J connectivity index is 1.97. The van der Waals surface area contributed by atoms with Gasteiger partial charge in [0.05, 0.1) is 0 Å². The lowest BCUT2D eigenvalue weighted by atomic mass is 10.3. The van der Waals surface area contributed by atoms with E-state index in [1.54, 1.807) is 0 Å². The molecule has 1 aliphatic heterocycles. The van der Waals surface area contributed by atoms with Crippen LogP contribution >= 0.6 is 0 Å². The summed E-state index contributed by atoms with van der Waals surface area (Å²) in [5.74, 6) is 0. The molecule has 1 aliphatic rings. The van der Waals surface area contributed by atoms with E-state index in [4.69, 9.17) is 4.43 Å². The van der Waals surface area contributed by atoms with Crippen molar-refractivity contribution in [3.05, 3.63) is 0 Å². The Labute approximate surface area is 88.9 Å². The van der Waals surface area contributed by atoms with E-state index < -0.39 is 8.32 Å². The van der Waals surface area contributed by atoms with Crippen LogP contribution in [0.3, 0.4) is 0 Å². The van der Waals surface area contributed by atoms with Crippen molar-refractivity contribution in [2.75, 3.05) is 39.3 Å². The fraction of sp³-hybridized carbons (Fsp3) is 1.00. The molecule has 0 atom stereocenters.